The topological polar surface area (TPSA) is 92.7 Å². The Hall–Kier alpha value is -2.35. The number of nitrogens with zero attached hydrogens (tertiary/aromatic N) is 2. The molecule has 0 spiro atoms. The molecule has 0 aliphatic heterocycles. The number of rotatable bonds is 7. The number of amides is 2. The average molecular weight is 444 g/mol. The fourth-order valence-corrected chi connectivity index (χ4v) is 2.23. The van der Waals surface area contributed by atoms with E-state index in [0.29, 0.717) is 16.9 Å². The van der Waals surface area contributed by atoms with Gasteiger partial charge in [-0.05, 0) is 42.0 Å². The predicted molar refractivity (Wildman–Crippen MR) is 109 cm³/mol. The number of carbonyl (C=O) groups excluding carboxylic acids is 2. The highest BCUT2D eigenvalue weighted by molar-refractivity contribution is 6.68. The van der Waals surface area contributed by atoms with Crippen molar-refractivity contribution in [1.29, 1.82) is 0 Å². The van der Waals surface area contributed by atoms with Crippen molar-refractivity contribution in [2.75, 3.05) is 0 Å². The lowest BCUT2D eigenvalue weighted by Crippen LogP contribution is -2.47. The molecule has 0 saturated carbocycles. The van der Waals surface area contributed by atoms with E-state index in [1.54, 1.807) is 43.3 Å². The Morgan fingerprint density at radius 2 is 1.82 bits per heavy atom. The minimum Gasteiger partial charge on any atom is -0.466 e. The highest BCUT2D eigenvalue weighted by Crippen LogP contribution is 2.32. The van der Waals surface area contributed by atoms with E-state index in [1.807, 2.05) is 0 Å². The number of carbonyl (C=O) groups is 2. The molecule has 0 bridgehead atoms. The fraction of sp³-hybridized carbons (Fsp3) is 0.222. The highest BCUT2D eigenvalue weighted by atomic mass is 35.6. The van der Waals surface area contributed by atoms with Crippen LogP contribution < -0.4 is 15.5 Å². The lowest BCUT2D eigenvalue weighted by Gasteiger charge is -2.26. The molecule has 0 radical (unpaired) electrons. The zero-order valence-corrected chi connectivity index (χ0v) is 17.0. The van der Waals surface area contributed by atoms with Crippen molar-refractivity contribution in [3.05, 3.63) is 59.9 Å². The summed E-state index contributed by atoms with van der Waals surface area (Å²) in [6, 6.07) is 9.77. The zero-order valence-electron chi connectivity index (χ0n) is 14.7. The standard InChI is InChI=1S/C18H17Cl3N4O3/c1-2-15(26)24-17(18(19,20)21)28-14-5-3-12(4-6-14)11-23-25-16(27)13-7-9-22-10-8-13/h3-11,17H,2H2,1H3,(H,24,26)(H,25,27). The molecule has 7 nitrogen and oxygen atoms in total. The van der Waals surface area contributed by atoms with Crippen molar-refractivity contribution in [1.82, 2.24) is 15.7 Å². The van der Waals surface area contributed by atoms with Gasteiger partial charge in [0.05, 0.1) is 6.21 Å². The third-order valence-corrected chi connectivity index (χ3v) is 3.96. The number of benzene rings is 1. The van der Waals surface area contributed by atoms with Crippen LogP contribution in [0.15, 0.2) is 53.9 Å². The number of nitrogens with one attached hydrogen (secondary N) is 2. The number of aromatic nitrogens is 1. The summed E-state index contributed by atoms with van der Waals surface area (Å²) in [5.41, 5.74) is 3.56. The molecule has 1 atom stereocenters. The number of hydrazone groups is 1. The fourth-order valence-electron chi connectivity index (χ4n) is 1.93. The van der Waals surface area contributed by atoms with Crippen molar-refractivity contribution < 1.29 is 14.3 Å². The molecule has 10 heteroatoms. The van der Waals surface area contributed by atoms with Crippen LogP contribution in [0.5, 0.6) is 5.75 Å². The van der Waals surface area contributed by atoms with Gasteiger partial charge >= 0.3 is 0 Å². The number of alkyl halides is 3. The van der Waals surface area contributed by atoms with Crippen LogP contribution in [0, 0.1) is 0 Å². The van der Waals surface area contributed by atoms with Gasteiger partial charge in [0.15, 0.2) is 0 Å². The summed E-state index contributed by atoms with van der Waals surface area (Å²) in [6.45, 7) is 1.67. The van der Waals surface area contributed by atoms with Gasteiger partial charge in [-0.3, -0.25) is 14.6 Å². The van der Waals surface area contributed by atoms with Gasteiger partial charge < -0.3 is 10.1 Å². The van der Waals surface area contributed by atoms with Gasteiger partial charge in [0.2, 0.25) is 15.9 Å². The van der Waals surface area contributed by atoms with Crippen LogP contribution in [0.4, 0.5) is 0 Å². The molecule has 2 rings (SSSR count). The maximum atomic E-state index is 11.9. The van der Waals surface area contributed by atoms with Crippen LogP contribution in [0.25, 0.3) is 0 Å². The van der Waals surface area contributed by atoms with Crippen LogP contribution >= 0.6 is 34.8 Å². The Morgan fingerprint density at radius 3 is 2.39 bits per heavy atom. The zero-order chi connectivity index (χ0) is 20.6. The van der Waals surface area contributed by atoms with Gasteiger partial charge in [-0.2, -0.15) is 5.10 Å². The van der Waals surface area contributed by atoms with E-state index < -0.39 is 10.0 Å². The third kappa shape index (κ3) is 6.99. The second kappa shape index (κ2) is 10.3. The molecular weight excluding hydrogens is 427 g/mol. The SMILES string of the molecule is CCC(=O)NC(Oc1ccc(C=NNC(=O)c2ccncc2)cc1)C(Cl)(Cl)Cl. The van der Waals surface area contributed by atoms with Gasteiger partial charge in [-0.15, -0.1) is 0 Å². The van der Waals surface area contributed by atoms with Crippen LogP contribution in [-0.2, 0) is 4.79 Å². The summed E-state index contributed by atoms with van der Waals surface area (Å²) < 4.78 is 3.71. The molecule has 1 unspecified atom stereocenters. The normalized spacial score (nSPS) is 12.4. The van der Waals surface area contributed by atoms with Gasteiger partial charge in [0.25, 0.3) is 5.91 Å². The van der Waals surface area contributed by atoms with Crippen molar-refractivity contribution >= 4 is 52.8 Å². The largest absolute Gasteiger partial charge is 0.466 e. The maximum Gasteiger partial charge on any atom is 0.271 e. The molecule has 28 heavy (non-hydrogen) atoms. The van der Waals surface area contributed by atoms with Crippen molar-refractivity contribution in [2.45, 2.75) is 23.4 Å². The summed E-state index contributed by atoms with van der Waals surface area (Å²) >= 11 is 17.6. The molecule has 0 aliphatic carbocycles. The van der Waals surface area contributed by atoms with E-state index in [-0.39, 0.29) is 18.2 Å². The first-order chi connectivity index (χ1) is 13.3. The summed E-state index contributed by atoms with van der Waals surface area (Å²) in [5, 5.41) is 6.39. The van der Waals surface area contributed by atoms with E-state index in [4.69, 9.17) is 39.5 Å². The molecule has 2 amide bonds. The van der Waals surface area contributed by atoms with Gasteiger partial charge in [0, 0.05) is 24.4 Å². The lowest BCUT2D eigenvalue weighted by molar-refractivity contribution is -0.123. The number of halogens is 3. The van der Waals surface area contributed by atoms with Gasteiger partial charge in [-0.25, -0.2) is 5.43 Å². The number of pyridine rings is 1. The van der Waals surface area contributed by atoms with E-state index in [1.165, 1.54) is 18.6 Å². The Kier molecular flexibility index (Phi) is 8.04. The first kappa shape index (κ1) is 21.9. The highest BCUT2D eigenvalue weighted by Gasteiger charge is 2.35. The lowest BCUT2D eigenvalue weighted by atomic mass is 10.2. The molecule has 1 heterocycles. The van der Waals surface area contributed by atoms with Crippen molar-refractivity contribution in [2.24, 2.45) is 5.10 Å². The first-order valence-electron chi connectivity index (χ1n) is 8.16. The minimum atomic E-state index is -1.85. The molecule has 148 valence electrons. The second-order valence-electron chi connectivity index (χ2n) is 5.46. The number of ether oxygens (including phenoxy) is 1. The van der Waals surface area contributed by atoms with Crippen molar-refractivity contribution in [3.8, 4) is 5.75 Å². The maximum absolute atomic E-state index is 11.9. The summed E-state index contributed by atoms with van der Waals surface area (Å²) in [6.07, 6.45) is 3.58. The molecular formula is C18H17Cl3N4O3. The van der Waals surface area contributed by atoms with Crippen molar-refractivity contribution in [3.63, 3.8) is 0 Å². The van der Waals surface area contributed by atoms with E-state index in [2.05, 4.69) is 20.8 Å². The van der Waals surface area contributed by atoms with E-state index >= 15 is 0 Å². The Morgan fingerprint density at radius 1 is 1.18 bits per heavy atom. The molecule has 2 aromatic rings. The third-order valence-electron chi connectivity index (χ3n) is 3.37. The van der Waals surface area contributed by atoms with Crippen LogP contribution in [0.3, 0.4) is 0 Å². The Balaban J connectivity index is 1.96. The number of hydrogen-bond donors (Lipinski definition) is 2. The van der Waals surface area contributed by atoms with Crippen LogP contribution in [0.1, 0.15) is 29.3 Å². The molecule has 0 saturated heterocycles. The minimum absolute atomic E-state index is 0.223. The molecule has 0 aliphatic rings. The summed E-state index contributed by atoms with van der Waals surface area (Å²) in [5.74, 6) is -0.286. The van der Waals surface area contributed by atoms with Crippen LogP contribution in [-0.4, -0.2) is 33.0 Å². The van der Waals surface area contributed by atoms with Crippen LogP contribution in [0.2, 0.25) is 0 Å². The monoisotopic (exact) mass is 442 g/mol. The van der Waals surface area contributed by atoms with E-state index in [9.17, 15) is 9.59 Å². The Labute approximate surface area is 177 Å². The van der Waals surface area contributed by atoms with E-state index in [0.717, 1.165) is 0 Å². The van der Waals surface area contributed by atoms with Gasteiger partial charge in [-0.1, -0.05) is 41.7 Å². The smallest absolute Gasteiger partial charge is 0.271 e. The first-order valence-corrected chi connectivity index (χ1v) is 9.29. The quantitative estimate of drug-likeness (QED) is 0.297. The van der Waals surface area contributed by atoms with Gasteiger partial charge in [0.1, 0.15) is 5.75 Å². The molecule has 2 N–H and O–H groups in total. The average Bonchev–Trinajstić information content (AvgIpc) is 2.68. The summed E-state index contributed by atoms with van der Waals surface area (Å²) in [4.78, 5) is 27.3. The summed E-state index contributed by atoms with van der Waals surface area (Å²) in [7, 11) is 0. The number of hydrogen-bond acceptors (Lipinski definition) is 5. The molecule has 0 fully saturated rings. The molecule has 1 aromatic carbocycles. The Bertz CT molecular complexity index is 824. The molecule has 1 aromatic heterocycles. The second-order valence-corrected chi connectivity index (χ2v) is 7.83. The predicted octanol–water partition coefficient (Wildman–Crippen LogP) is 3.45.